The van der Waals surface area contributed by atoms with Crippen molar-refractivity contribution >= 4 is 50.2 Å². The number of benzene rings is 2. The molecule has 3 rings (SSSR count). The Balaban J connectivity index is 1.80. The van der Waals surface area contributed by atoms with Gasteiger partial charge in [-0.15, -0.1) is 0 Å². The molecule has 128 valence electrons. The van der Waals surface area contributed by atoms with E-state index < -0.39 is 10.0 Å². The minimum absolute atomic E-state index is 0.0468. The van der Waals surface area contributed by atoms with E-state index in [0.29, 0.717) is 22.0 Å². The lowest BCUT2D eigenvalue weighted by Crippen LogP contribution is -2.14. The Morgan fingerprint density at radius 2 is 1.76 bits per heavy atom. The van der Waals surface area contributed by atoms with Crippen LogP contribution in [0.1, 0.15) is 10.4 Å². The molecule has 3 aromatic rings. The van der Waals surface area contributed by atoms with Crippen molar-refractivity contribution in [2.75, 3.05) is 10.0 Å². The van der Waals surface area contributed by atoms with Gasteiger partial charge in [-0.2, -0.15) is 11.3 Å². The summed E-state index contributed by atoms with van der Waals surface area (Å²) < 4.78 is 27.5. The van der Waals surface area contributed by atoms with E-state index in [4.69, 9.17) is 11.6 Å². The number of carbonyl (C=O) groups excluding carboxylic acids is 1. The zero-order chi connectivity index (χ0) is 17.9. The Kier molecular flexibility index (Phi) is 5.08. The van der Waals surface area contributed by atoms with Crippen molar-refractivity contribution in [2.45, 2.75) is 4.90 Å². The summed E-state index contributed by atoms with van der Waals surface area (Å²) in [6.07, 6.45) is 0. The zero-order valence-electron chi connectivity index (χ0n) is 12.8. The van der Waals surface area contributed by atoms with Gasteiger partial charge in [0.15, 0.2) is 0 Å². The number of hydrogen-bond donors (Lipinski definition) is 2. The average Bonchev–Trinajstić information content (AvgIpc) is 3.12. The molecule has 0 atom stereocenters. The monoisotopic (exact) mass is 392 g/mol. The maximum Gasteiger partial charge on any atom is 0.261 e. The van der Waals surface area contributed by atoms with E-state index in [1.807, 2.05) is 0 Å². The molecule has 1 heterocycles. The first-order valence-electron chi connectivity index (χ1n) is 7.16. The van der Waals surface area contributed by atoms with Crippen LogP contribution in [0.3, 0.4) is 0 Å². The molecule has 0 saturated carbocycles. The van der Waals surface area contributed by atoms with E-state index >= 15 is 0 Å². The number of nitrogens with one attached hydrogen (secondary N) is 2. The highest BCUT2D eigenvalue weighted by molar-refractivity contribution is 7.92. The molecule has 25 heavy (non-hydrogen) atoms. The lowest BCUT2D eigenvalue weighted by Gasteiger charge is -2.10. The highest BCUT2D eigenvalue weighted by Crippen LogP contribution is 2.21. The van der Waals surface area contributed by atoms with E-state index in [-0.39, 0.29) is 10.8 Å². The quantitative estimate of drug-likeness (QED) is 0.673. The summed E-state index contributed by atoms with van der Waals surface area (Å²) in [5.41, 5.74) is 1.32. The van der Waals surface area contributed by atoms with Gasteiger partial charge in [-0.1, -0.05) is 17.7 Å². The zero-order valence-corrected chi connectivity index (χ0v) is 15.2. The van der Waals surface area contributed by atoms with E-state index in [1.54, 1.807) is 53.2 Å². The van der Waals surface area contributed by atoms with Gasteiger partial charge in [0.1, 0.15) is 0 Å². The molecule has 0 aliphatic carbocycles. The predicted octanol–water partition coefficient (Wildman–Crippen LogP) is 4.45. The van der Waals surface area contributed by atoms with Crippen molar-refractivity contribution in [1.29, 1.82) is 0 Å². The number of hydrogen-bond acceptors (Lipinski definition) is 4. The van der Waals surface area contributed by atoms with Gasteiger partial charge in [-0.3, -0.25) is 9.52 Å². The van der Waals surface area contributed by atoms with Gasteiger partial charge < -0.3 is 5.32 Å². The van der Waals surface area contributed by atoms with Crippen molar-refractivity contribution in [1.82, 2.24) is 0 Å². The predicted molar refractivity (Wildman–Crippen MR) is 101 cm³/mol. The van der Waals surface area contributed by atoms with Gasteiger partial charge in [-0.05, 0) is 53.9 Å². The van der Waals surface area contributed by atoms with Crippen molar-refractivity contribution in [3.8, 4) is 0 Å². The fourth-order valence-electron chi connectivity index (χ4n) is 2.07. The first-order chi connectivity index (χ1) is 11.9. The maximum atomic E-state index is 12.5. The van der Waals surface area contributed by atoms with Crippen LogP contribution >= 0.6 is 22.9 Å². The van der Waals surface area contributed by atoms with E-state index in [1.165, 1.54) is 23.5 Å². The summed E-state index contributed by atoms with van der Waals surface area (Å²) in [5, 5.41) is 6.72. The first-order valence-corrected chi connectivity index (χ1v) is 9.96. The molecule has 0 saturated heterocycles. The number of sulfonamides is 1. The van der Waals surface area contributed by atoms with Crippen LogP contribution in [0.5, 0.6) is 0 Å². The number of amides is 1. The maximum absolute atomic E-state index is 12.5. The summed E-state index contributed by atoms with van der Waals surface area (Å²) in [5.74, 6) is -0.290. The van der Waals surface area contributed by atoms with Crippen molar-refractivity contribution in [3.63, 3.8) is 0 Å². The molecule has 0 aliphatic heterocycles. The Labute approximate surface area is 154 Å². The number of halogens is 1. The molecule has 1 aromatic heterocycles. The van der Waals surface area contributed by atoms with Gasteiger partial charge >= 0.3 is 0 Å². The van der Waals surface area contributed by atoms with E-state index in [2.05, 4.69) is 10.0 Å². The molecular weight excluding hydrogens is 380 g/mol. The van der Waals surface area contributed by atoms with Crippen molar-refractivity contribution < 1.29 is 13.2 Å². The first kappa shape index (κ1) is 17.5. The second-order valence-electron chi connectivity index (χ2n) is 5.11. The molecule has 5 nitrogen and oxygen atoms in total. The summed E-state index contributed by atoms with van der Waals surface area (Å²) in [4.78, 5) is 12.1. The Bertz CT molecular complexity index is 985. The second kappa shape index (κ2) is 7.26. The molecule has 1 amide bonds. The Morgan fingerprint density at radius 3 is 2.44 bits per heavy atom. The van der Waals surface area contributed by atoms with Gasteiger partial charge in [0.2, 0.25) is 0 Å². The second-order valence-corrected chi connectivity index (χ2v) is 8.01. The Morgan fingerprint density at radius 1 is 1.00 bits per heavy atom. The topological polar surface area (TPSA) is 75.3 Å². The third kappa shape index (κ3) is 4.39. The highest BCUT2D eigenvalue weighted by Gasteiger charge is 2.15. The van der Waals surface area contributed by atoms with E-state index in [0.717, 1.165) is 0 Å². The molecule has 0 radical (unpaired) electrons. The number of anilines is 2. The number of thiophene rings is 1. The van der Waals surface area contributed by atoms with Crippen LogP contribution in [0.2, 0.25) is 5.02 Å². The normalized spacial score (nSPS) is 11.1. The molecule has 8 heteroatoms. The summed E-state index contributed by atoms with van der Waals surface area (Å²) in [6, 6.07) is 14.1. The van der Waals surface area contributed by atoms with Crippen LogP contribution in [-0.2, 0) is 10.0 Å². The Hall–Kier alpha value is -2.35. The van der Waals surface area contributed by atoms with Crippen molar-refractivity contribution in [2.24, 2.45) is 0 Å². The van der Waals surface area contributed by atoms with Gasteiger partial charge in [0.25, 0.3) is 15.9 Å². The lowest BCUT2D eigenvalue weighted by atomic mass is 10.3. The molecule has 0 fully saturated rings. The fourth-order valence-corrected chi connectivity index (χ4v) is 3.94. The largest absolute Gasteiger partial charge is 0.322 e. The minimum atomic E-state index is -3.78. The molecule has 0 unspecified atom stereocenters. The van der Waals surface area contributed by atoms with Crippen LogP contribution in [0.25, 0.3) is 0 Å². The van der Waals surface area contributed by atoms with Gasteiger partial charge in [0, 0.05) is 21.8 Å². The van der Waals surface area contributed by atoms with Crippen LogP contribution in [-0.4, -0.2) is 14.3 Å². The van der Waals surface area contributed by atoms with Crippen molar-refractivity contribution in [3.05, 3.63) is 75.9 Å². The molecule has 2 N–H and O–H groups in total. The summed E-state index contributed by atoms with van der Waals surface area (Å²) >= 11 is 7.21. The summed E-state index contributed by atoms with van der Waals surface area (Å²) in [6.45, 7) is 0. The molecular formula is C17H13ClN2O3S2. The summed E-state index contributed by atoms with van der Waals surface area (Å²) in [7, 11) is -3.78. The average molecular weight is 393 g/mol. The highest BCUT2D eigenvalue weighted by atomic mass is 35.5. The van der Waals surface area contributed by atoms with Crippen LogP contribution in [0.4, 0.5) is 11.4 Å². The third-order valence-corrected chi connectivity index (χ3v) is 5.60. The van der Waals surface area contributed by atoms with Gasteiger partial charge in [-0.25, -0.2) is 8.42 Å². The molecule has 2 aromatic carbocycles. The fraction of sp³-hybridized carbons (Fsp3) is 0. The number of carbonyl (C=O) groups is 1. The van der Waals surface area contributed by atoms with Gasteiger partial charge in [0.05, 0.1) is 10.5 Å². The molecule has 0 spiro atoms. The standard InChI is InChI=1S/C17H13ClN2O3S2/c18-13-4-6-14(7-5-13)20-25(22,23)16-3-1-2-15(10-16)19-17(21)12-8-9-24-11-12/h1-11,20H,(H,19,21). The number of rotatable bonds is 5. The minimum Gasteiger partial charge on any atom is -0.322 e. The van der Waals surface area contributed by atoms with Crippen LogP contribution < -0.4 is 10.0 Å². The van der Waals surface area contributed by atoms with Crippen LogP contribution in [0, 0.1) is 0 Å². The lowest BCUT2D eigenvalue weighted by molar-refractivity contribution is 0.102. The smallest absolute Gasteiger partial charge is 0.261 e. The molecule has 0 bridgehead atoms. The SMILES string of the molecule is O=C(Nc1cccc(S(=O)(=O)Nc2ccc(Cl)cc2)c1)c1ccsc1. The van der Waals surface area contributed by atoms with E-state index in [9.17, 15) is 13.2 Å². The van der Waals surface area contributed by atoms with Crippen LogP contribution in [0.15, 0.2) is 70.3 Å². The molecule has 0 aliphatic rings. The third-order valence-electron chi connectivity index (χ3n) is 3.28.